The fourth-order valence-corrected chi connectivity index (χ4v) is 7.10. The number of rotatable bonds is 8. The maximum atomic E-state index is 13.0. The fraction of sp³-hybridized carbons (Fsp3) is 0.282. The molecule has 1 amide bonds. The van der Waals surface area contributed by atoms with Crippen LogP contribution in [0.3, 0.4) is 0 Å². The SMILES string of the molecule is O=C(Nc1ccc([C@H]2O[C@@H](CN3CCC(n4c(=O)[nH]c5ccccc54)CC3)C[C@@H](c3ccc(CO)cc3)O2)cc1)c1cnc2ccccc2n1. The van der Waals surface area contributed by atoms with E-state index in [0.717, 1.165) is 65.7 Å². The summed E-state index contributed by atoms with van der Waals surface area (Å²) in [5.74, 6) is -0.342. The number of nitrogens with one attached hydrogen (secondary N) is 2. The lowest BCUT2D eigenvalue weighted by molar-refractivity contribution is -0.253. The van der Waals surface area contributed by atoms with E-state index in [-0.39, 0.29) is 42.1 Å². The number of aliphatic hydroxyl groups is 1. The quantitative estimate of drug-likeness (QED) is 0.182. The van der Waals surface area contributed by atoms with E-state index in [1.54, 1.807) is 0 Å². The van der Waals surface area contributed by atoms with Gasteiger partial charge in [-0.05, 0) is 60.4 Å². The summed E-state index contributed by atoms with van der Waals surface area (Å²) in [6, 6.07) is 30.8. The molecule has 0 unspecified atom stereocenters. The number of para-hydroxylation sites is 4. The van der Waals surface area contributed by atoms with Gasteiger partial charge in [-0.15, -0.1) is 0 Å². The molecule has 2 aliphatic heterocycles. The number of likely N-dealkylation sites (tertiary alicyclic amines) is 1. The van der Waals surface area contributed by atoms with Crippen molar-refractivity contribution < 1.29 is 19.4 Å². The zero-order valence-electron chi connectivity index (χ0n) is 27.4. The van der Waals surface area contributed by atoms with Crippen molar-refractivity contribution in [2.45, 2.75) is 50.4 Å². The van der Waals surface area contributed by atoms with Crippen LogP contribution in [0.5, 0.6) is 0 Å². The van der Waals surface area contributed by atoms with Crippen molar-refractivity contribution >= 4 is 33.7 Å². The number of ether oxygens (including phenoxy) is 2. The molecule has 6 aromatic rings. The number of hydrogen-bond acceptors (Lipinski definition) is 8. The number of anilines is 1. The molecule has 2 aliphatic rings. The van der Waals surface area contributed by atoms with E-state index < -0.39 is 6.29 Å². The van der Waals surface area contributed by atoms with E-state index in [9.17, 15) is 14.7 Å². The lowest BCUT2D eigenvalue weighted by Gasteiger charge is -2.40. The molecule has 2 aromatic heterocycles. The lowest BCUT2D eigenvalue weighted by Crippen LogP contribution is -2.43. The number of carbonyl (C=O) groups is 1. The van der Waals surface area contributed by atoms with Gasteiger partial charge in [-0.2, -0.15) is 0 Å². The second-order valence-corrected chi connectivity index (χ2v) is 13.0. The van der Waals surface area contributed by atoms with Gasteiger partial charge in [-0.25, -0.2) is 9.78 Å². The number of carbonyl (C=O) groups excluding carboxylic acids is 1. The Labute approximate surface area is 288 Å². The average Bonchev–Trinajstić information content (AvgIpc) is 3.50. The van der Waals surface area contributed by atoms with E-state index in [4.69, 9.17) is 9.47 Å². The Bertz CT molecular complexity index is 2170. The second-order valence-electron chi connectivity index (χ2n) is 13.0. The van der Waals surface area contributed by atoms with Crippen LogP contribution in [0.2, 0.25) is 0 Å². The maximum Gasteiger partial charge on any atom is 0.326 e. The van der Waals surface area contributed by atoms with Gasteiger partial charge in [0.2, 0.25) is 0 Å². The van der Waals surface area contributed by atoms with Crippen LogP contribution in [0.4, 0.5) is 5.69 Å². The Morgan fingerprint density at radius 3 is 2.38 bits per heavy atom. The summed E-state index contributed by atoms with van der Waals surface area (Å²) in [5.41, 5.74) is 6.73. The third-order valence-corrected chi connectivity index (χ3v) is 9.74. The van der Waals surface area contributed by atoms with E-state index >= 15 is 0 Å². The summed E-state index contributed by atoms with van der Waals surface area (Å²) in [6.45, 7) is 2.43. The number of benzene rings is 4. The van der Waals surface area contributed by atoms with Crippen LogP contribution < -0.4 is 11.0 Å². The number of piperidine rings is 1. The summed E-state index contributed by atoms with van der Waals surface area (Å²) in [5, 5.41) is 12.5. The van der Waals surface area contributed by atoms with Crippen molar-refractivity contribution in [1.29, 1.82) is 0 Å². The first-order valence-electron chi connectivity index (χ1n) is 17.1. The number of hydrogen-bond donors (Lipinski definition) is 3. The van der Waals surface area contributed by atoms with Crippen molar-refractivity contribution in [3.63, 3.8) is 0 Å². The molecule has 2 saturated heterocycles. The molecule has 0 aliphatic carbocycles. The third kappa shape index (κ3) is 6.68. The van der Waals surface area contributed by atoms with Crippen molar-refractivity contribution in [2.75, 3.05) is 25.0 Å². The Balaban J connectivity index is 0.957. The molecule has 2 fully saturated rings. The van der Waals surface area contributed by atoms with Gasteiger partial charge in [0.05, 0.1) is 47.1 Å². The normalized spacial score (nSPS) is 20.3. The van der Waals surface area contributed by atoms with E-state index in [1.165, 1.54) is 6.20 Å². The molecule has 4 aromatic carbocycles. The lowest BCUT2D eigenvalue weighted by atomic mass is 9.98. The number of aromatic amines is 1. The first kappa shape index (κ1) is 32.0. The number of imidazole rings is 1. The summed E-state index contributed by atoms with van der Waals surface area (Å²) in [7, 11) is 0. The van der Waals surface area contributed by atoms with Crippen LogP contribution in [0, 0.1) is 0 Å². The Morgan fingerprint density at radius 1 is 0.880 bits per heavy atom. The van der Waals surface area contributed by atoms with Gasteiger partial charge in [0.15, 0.2) is 6.29 Å². The van der Waals surface area contributed by atoms with Crippen LogP contribution in [0.1, 0.15) is 64.9 Å². The Morgan fingerprint density at radius 2 is 1.60 bits per heavy atom. The summed E-state index contributed by atoms with van der Waals surface area (Å²) >= 11 is 0. The molecule has 50 heavy (non-hydrogen) atoms. The first-order valence-corrected chi connectivity index (χ1v) is 17.1. The van der Waals surface area contributed by atoms with E-state index in [2.05, 4.69) is 25.2 Å². The minimum Gasteiger partial charge on any atom is -0.392 e. The highest BCUT2D eigenvalue weighted by molar-refractivity contribution is 6.03. The number of H-pyrrole nitrogens is 1. The minimum atomic E-state index is -0.616. The summed E-state index contributed by atoms with van der Waals surface area (Å²) in [6.07, 6.45) is 2.98. The van der Waals surface area contributed by atoms with Gasteiger partial charge < -0.3 is 29.8 Å². The maximum absolute atomic E-state index is 13.0. The van der Waals surface area contributed by atoms with Crippen molar-refractivity contribution in [3.05, 3.63) is 136 Å². The molecule has 8 rings (SSSR count). The summed E-state index contributed by atoms with van der Waals surface area (Å²) < 4.78 is 15.1. The van der Waals surface area contributed by atoms with Gasteiger partial charge in [0.25, 0.3) is 5.91 Å². The third-order valence-electron chi connectivity index (χ3n) is 9.74. The molecule has 254 valence electrons. The monoisotopic (exact) mass is 670 g/mol. The number of nitrogens with zero attached hydrogens (tertiary/aromatic N) is 4. The zero-order valence-corrected chi connectivity index (χ0v) is 27.4. The standard InChI is InChI=1S/C39H38N6O5/c46-24-25-9-11-26(12-10-25)36-21-30(23-44-19-17-29(18-20-44)45-35-8-4-3-7-33(35)43-39(45)48)49-38(50-36)27-13-15-28(16-14-27)41-37(47)34-22-40-31-5-1-2-6-32(31)42-34/h1-16,22,29-30,36,38,46H,17-21,23-24H2,(H,41,47)(H,43,48)/t30-,36+,38+/m1/s1. The highest BCUT2D eigenvalue weighted by Crippen LogP contribution is 2.39. The van der Waals surface area contributed by atoms with Crippen LogP contribution in [-0.4, -0.2) is 61.2 Å². The molecule has 11 heteroatoms. The highest BCUT2D eigenvalue weighted by Gasteiger charge is 2.34. The molecule has 0 spiro atoms. The number of aromatic nitrogens is 4. The van der Waals surface area contributed by atoms with Gasteiger partial charge in [0.1, 0.15) is 5.69 Å². The molecule has 3 atom stereocenters. The fourth-order valence-electron chi connectivity index (χ4n) is 7.10. The summed E-state index contributed by atoms with van der Waals surface area (Å²) in [4.78, 5) is 40.0. The van der Waals surface area contributed by atoms with Crippen LogP contribution in [0.15, 0.2) is 108 Å². The van der Waals surface area contributed by atoms with Gasteiger partial charge in [-0.1, -0.05) is 60.7 Å². The molecule has 0 radical (unpaired) electrons. The average molecular weight is 671 g/mol. The predicted molar refractivity (Wildman–Crippen MR) is 190 cm³/mol. The number of aliphatic hydroxyl groups excluding tert-OH is 1. The molecule has 3 N–H and O–H groups in total. The van der Waals surface area contributed by atoms with Gasteiger partial charge >= 0.3 is 5.69 Å². The van der Waals surface area contributed by atoms with Gasteiger partial charge in [-0.3, -0.25) is 14.3 Å². The molecular weight excluding hydrogens is 632 g/mol. The second kappa shape index (κ2) is 14.0. The van der Waals surface area contributed by atoms with E-state index in [1.807, 2.05) is 102 Å². The highest BCUT2D eigenvalue weighted by atomic mass is 16.7. The zero-order chi connectivity index (χ0) is 34.0. The van der Waals surface area contributed by atoms with Crippen molar-refractivity contribution in [1.82, 2.24) is 24.4 Å². The molecule has 4 heterocycles. The predicted octanol–water partition coefficient (Wildman–Crippen LogP) is 5.90. The smallest absolute Gasteiger partial charge is 0.326 e. The molecule has 0 bridgehead atoms. The topological polar surface area (TPSA) is 135 Å². The van der Waals surface area contributed by atoms with Gasteiger partial charge in [0, 0.05) is 43.3 Å². The Hall–Kier alpha value is -5.20. The minimum absolute atomic E-state index is 0.0167. The first-order chi connectivity index (χ1) is 24.5. The van der Waals surface area contributed by atoms with Crippen molar-refractivity contribution in [3.8, 4) is 0 Å². The van der Waals surface area contributed by atoms with E-state index in [0.29, 0.717) is 17.6 Å². The molecular formula is C39H38N6O5. The number of amides is 1. The van der Waals surface area contributed by atoms with Crippen LogP contribution >= 0.6 is 0 Å². The Kier molecular flexibility index (Phi) is 8.95. The number of fused-ring (bicyclic) bond motifs is 2. The molecule has 11 nitrogen and oxygen atoms in total. The van der Waals surface area contributed by atoms with Crippen molar-refractivity contribution in [2.24, 2.45) is 0 Å². The van der Waals surface area contributed by atoms with Crippen LogP contribution in [0.25, 0.3) is 22.1 Å². The largest absolute Gasteiger partial charge is 0.392 e. The van der Waals surface area contributed by atoms with Crippen LogP contribution in [-0.2, 0) is 16.1 Å². The molecule has 0 saturated carbocycles.